The average Bonchev–Trinajstić information content (AvgIpc) is 2.06. The predicted molar refractivity (Wildman–Crippen MR) is 51.7 cm³/mol. The van der Waals surface area contributed by atoms with E-state index in [0.29, 0.717) is 6.04 Å². The van der Waals surface area contributed by atoms with Gasteiger partial charge in [-0.25, -0.2) is 0 Å². The predicted octanol–water partition coefficient (Wildman–Crippen LogP) is 1.43. The van der Waals surface area contributed by atoms with Crippen LogP contribution in [0.1, 0.15) is 40.0 Å². The third-order valence-corrected chi connectivity index (χ3v) is 2.08. The van der Waals surface area contributed by atoms with Crippen molar-refractivity contribution in [1.29, 1.82) is 0 Å². The van der Waals surface area contributed by atoms with Crippen molar-refractivity contribution in [3.8, 4) is 0 Å². The molecule has 3 nitrogen and oxygen atoms in total. The first-order valence-electron chi connectivity index (χ1n) is 4.83. The fourth-order valence-corrected chi connectivity index (χ4v) is 1.26. The van der Waals surface area contributed by atoms with Crippen LogP contribution in [-0.4, -0.2) is 18.8 Å². The molecule has 0 radical (unpaired) electrons. The van der Waals surface area contributed by atoms with Crippen LogP contribution in [0.15, 0.2) is 0 Å². The molecule has 0 saturated carbocycles. The average molecular weight is 174 g/mol. The van der Waals surface area contributed by atoms with E-state index in [1.807, 2.05) is 6.92 Å². The number of ether oxygens (including phenoxy) is 1. The Kier molecular flexibility index (Phi) is 7.45. The number of rotatable bonds is 7. The van der Waals surface area contributed by atoms with Crippen molar-refractivity contribution >= 4 is 0 Å². The molecule has 0 aliphatic rings. The summed E-state index contributed by atoms with van der Waals surface area (Å²) in [5.41, 5.74) is 2.80. The Labute approximate surface area is 75.6 Å². The van der Waals surface area contributed by atoms with Crippen LogP contribution in [0, 0.1) is 0 Å². The van der Waals surface area contributed by atoms with Crippen molar-refractivity contribution in [3.63, 3.8) is 0 Å². The Morgan fingerprint density at radius 3 is 2.50 bits per heavy atom. The summed E-state index contributed by atoms with van der Waals surface area (Å²) in [5.74, 6) is 5.41. The normalized spacial score (nSPS) is 16.0. The number of unbranched alkanes of at least 4 members (excludes halogenated alkanes) is 1. The number of nitrogens with one attached hydrogen (secondary N) is 1. The van der Waals surface area contributed by atoms with E-state index in [1.54, 1.807) is 0 Å². The zero-order valence-corrected chi connectivity index (χ0v) is 8.47. The highest BCUT2D eigenvalue weighted by Gasteiger charge is 2.14. The minimum atomic E-state index is 0.214. The Morgan fingerprint density at radius 1 is 1.42 bits per heavy atom. The quantitative estimate of drug-likeness (QED) is 0.453. The molecule has 0 aliphatic carbocycles. The summed E-state index contributed by atoms with van der Waals surface area (Å²) >= 11 is 0. The Morgan fingerprint density at radius 2 is 2.08 bits per heavy atom. The molecule has 2 unspecified atom stereocenters. The van der Waals surface area contributed by atoms with Crippen LogP contribution in [0.4, 0.5) is 0 Å². The molecule has 12 heavy (non-hydrogen) atoms. The lowest BCUT2D eigenvalue weighted by molar-refractivity contribution is 0.0447. The van der Waals surface area contributed by atoms with Gasteiger partial charge < -0.3 is 4.74 Å². The summed E-state index contributed by atoms with van der Waals surface area (Å²) < 4.78 is 5.45. The SMILES string of the molecule is CCCCC(NN)C(C)OCC. The Hall–Kier alpha value is -0.120. The number of hydrogen-bond donors (Lipinski definition) is 2. The van der Waals surface area contributed by atoms with Gasteiger partial charge in [0.2, 0.25) is 0 Å². The van der Waals surface area contributed by atoms with E-state index in [1.165, 1.54) is 12.8 Å². The van der Waals surface area contributed by atoms with Crippen molar-refractivity contribution in [2.24, 2.45) is 5.84 Å². The highest BCUT2D eigenvalue weighted by atomic mass is 16.5. The largest absolute Gasteiger partial charge is 0.377 e. The van der Waals surface area contributed by atoms with Gasteiger partial charge in [-0.2, -0.15) is 0 Å². The molecule has 0 amide bonds. The highest BCUT2D eigenvalue weighted by molar-refractivity contribution is 4.70. The molecule has 0 rings (SSSR count). The zero-order valence-electron chi connectivity index (χ0n) is 8.47. The maximum atomic E-state index is 5.45. The molecule has 0 aromatic rings. The van der Waals surface area contributed by atoms with Crippen LogP contribution in [-0.2, 0) is 4.74 Å². The van der Waals surface area contributed by atoms with E-state index < -0.39 is 0 Å². The molecule has 0 aromatic heterocycles. The molecule has 0 aliphatic heterocycles. The lowest BCUT2D eigenvalue weighted by atomic mass is 10.1. The van der Waals surface area contributed by atoms with Crippen molar-refractivity contribution in [3.05, 3.63) is 0 Å². The molecule has 3 heteroatoms. The Balaban J connectivity index is 3.62. The summed E-state index contributed by atoms with van der Waals surface area (Å²) in [6, 6.07) is 0.296. The van der Waals surface area contributed by atoms with Gasteiger partial charge in [0, 0.05) is 12.6 Å². The number of hydrazine groups is 1. The van der Waals surface area contributed by atoms with E-state index in [4.69, 9.17) is 10.6 Å². The van der Waals surface area contributed by atoms with E-state index in [0.717, 1.165) is 13.0 Å². The summed E-state index contributed by atoms with van der Waals surface area (Å²) in [6.07, 6.45) is 3.71. The monoisotopic (exact) mass is 174 g/mol. The summed E-state index contributed by atoms with van der Waals surface area (Å²) in [4.78, 5) is 0. The third kappa shape index (κ3) is 4.70. The first-order chi connectivity index (χ1) is 5.76. The highest BCUT2D eigenvalue weighted by Crippen LogP contribution is 2.06. The molecule has 0 spiro atoms. The van der Waals surface area contributed by atoms with Crippen molar-refractivity contribution in [2.45, 2.75) is 52.2 Å². The van der Waals surface area contributed by atoms with Crippen LogP contribution >= 0.6 is 0 Å². The second-order valence-corrected chi connectivity index (χ2v) is 3.08. The van der Waals surface area contributed by atoms with E-state index in [2.05, 4.69) is 19.3 Å². The number of hydrogen-bond acceptors (Lipinski definition) is 3. The molecular weight excluding hydrogens is 152 g/mol. The van der Waals surface area contributed by atoms with Crippen LogP contribution in [0.25, 0.3) is 0 Å². The van der Waals surface area contributed by atoms with Gasteiger partial charge in [-0.15, -0.1) is 0 Å². The Bertz CT molecular complexity index is 98.5. The second-order valence-electron chi connectivity index (χ2n) is 3.08. The van der Waals surface area contributed by atoms with Gasteiger partial charge in [-0.3, -0.25) is 11.3 Å². The third-order valence-electron chi connectivity index (χ3n) is 2.08. The molecule has 3 N–H and O–H groups in total. The molecule has 0 saturated heterocycles. The van der Waals surface area contributed by atoms with Gasteiger partial charge in [0.05, 0.1) is 6.10 Å². The molecule has 0 aromatic carbocycles. The zero-order chi connectivity index (χ0) is 9.40. The summed E-state index contributed by atoms with van der Waals surface area (Å²) in [6.45, 7) is 7.00. The molecule has 0 fully saturated rings. The van der Waals surface area contributed by atoms with Crippen molar-refractivity contribution in [2.75, 3.05) is 6.61 Å². The second kappa shape index (κ2) is 7.53. The van der Waals surface area contributed by atoms with E-state index >= 15 is 0 Å². The van der Waals surface area contributed by atoms with Crippen LogP contribution in [0.2, 0.25) is 0 Å². The molecule has 0 heterocycles. The van der Waals surface area contributed by atoms with Gasteiger partial charge in [-0.05, 0) is 20.3 Å². The lowest BCUT2D eigenvalue weighted by Crippen LogP contribution is -2.43. The van der Waals surface area contributed by atoms with Gasteiger partial charge in [-0.1, -0.05) is 19.8 Å². The van der Waals surface area contributed by atoms with Crippen molar-refractivity contribution < 1.29 is 4.74 Å². The molecular formula is C9H22N2O. The molecule has 0 bridgehead atoms. The summed E-state index contributed by atoms with van der Waals surface area (Å²) in [5, 5.41) is 0. The molecule has 2 atom stereocenters. The van der Waals surface area contributed by atoms with Crippen LogP contribution in [0.3, 0.4) is 0 Å². The van der Waals surface area contributed by atoms with E-state index in [-0.39, 0.29) is 6.10 Å². The smallest absolute Gasteiger partial charge is 0.0713 e. The fourth-order valence-electron chi connectivity index (χ4n) is 1.26. The molecule has 74 valence electrons. The van der Waals surface area contributed by atoms with E-state index in [9.17, 15) is 0 Å². The fraction of sp³-hybridized carbons (Fsp3) is 1.00. The lowest BCUT2D eigenvalue weighted by Gasteiger charge is -2.22. The van der Waals surface area contributed by atoms with Crippen molar-refractivity contribution in [1.82, 2.24) is 5.43 Å². The number of nitrogens with two attached hydrogens (primary N) is 1. The summed E-state index contributed by atoms with van der Waals surface area (Å²) in [7, 11) is 0. The topological polar surface area (TPSA) is 47.3 Å². The van der Waals surface area contributed by atoms with Crippen LogP contribution < -0.4 is 11.3 Å². The minimum Gasteiger partial charge on any atom is -0.377 e. The maximum absolute atomic E-state index is 5.45. The van der Waals surface area contributed by atoms with Gasteiger partial charge >= 0.3 is 0 Å². The van der Waals surface area contributed by atoms with Gasteiger partial charge in [0.25, 0.3) is 0 Å². The minimum absolute atomic E-state index is 0.214. The van der Waals surface area contributed by atoms with Gasteiger partial charge in [0.1, 0.15) is 0 Å². The first-order valence-corrected chi connectivity index (χ1v) is 4.83. The van der Waals surface area contributed by atoms with Crippen LogP contribution in [0.5, 0.6) is 0 Å². The first kappa shape index (κ1) is 11.9. The van der Waals surface area contributed by atoms with Gasteiger partial charge in [0.15, 0.2) is 0 Å². The standard InChI is InChI=1S/C9H22N2O/c1-4-6-7-9(11-10)8(3)12-5-2/h8-9,11H,4-7,10H2,1-3H3. The maximum Gasteiger partial charge on any atom is 0.0713 e.